The Balaban J connectivity index is 2.35. The Morgan fingerprint density at radius 2 is 1.80 bits per heavy atom. The molecule has 4 heteroatoms. The Kier molecular flexibility index (Phi) is 4.38. The Morgan fingerprint density at radius 3 is 2.35 bits per heavy atom. The standard InChI is InChI=1S/C16H17NO3/c1-20-15-10-14(7-4-12(15)8-9-18)11-2-5-13(6-3-11)16(17)19/h2-7,10,18H,8-9H2,1H3,(H2,17,19). The van der Waals surface area contributed by atoms with Gasteiger partial charge in [0.25, 0.3) is 0 Å². The first-order valence-electron chi connectivity index (χ1n) is 6.33. The average molecular weight is 271 g/mol. The summed E-state index contributed by atoms with van der Waals surface area (Å²) in [5, 5.41) is 9.01. The molecule has 2 rings (SSSR count). The largest absolute Gasteiger partial charge is 0.496 e. The van der Waals surface area contributed by atoms with E-state index in [0.29, 0.717) is 12.0 Å². The lowest BCUT2D eigenvalue weighted by Crippen LogP contribution is -2.10. The van der Waals surface area contributed by atoms with Crippen LogP contribution in [0, 0.1) is 0 Å². The lowest BCUT2D eigenvalue weighted by atomic mass is 10.0. The maximum absolute atomic E-state index is 11.0. The van der Waals surface area contributed by atoms with Crippen LogP contribution in [-0.4, -0.2) is 24.7 Å². The first-order chi connectivity index (χ1) is 9.65. The number of carbonyl (C=O) groups excluding carboxylic acids is 1. The van der Waals surface area contributed by atoms with Crippen molar-refractivity contribution < 1.29 is 14.6 Å². The second-order valence-corrected chi connectivity index (χ2v) is 4.44. The second-order valence-electron chi connectivity index (χ2n) is 4.44. The first-order valence-corrected chi connectivity index (χ1v) is 6.33. The van der Waals surface area contributed by atoms with E-state index in [9.17, 15) is 4.79 Å². The normalized spacial score (nSPS) is 10.3. The van der Waals surface area contributed by atoms with Crippen molar-refractivity contribution in [2.75, 3.05) is 13.7 Å². The number of carbonyl (C=O) groups is 1. The highest BCUT2D eigenvalue weighted by Gasteiger charge is 2.06. The summed E-state index contributed by atoms with van der Waals surface area (Å²) in [7, 11) is 1.61. The van der Waals surface area contributed by atoms with Gasteiger partial charge in [-0.3, -0.25) is 4.79 Å². The number of amides is 1. The van der Waals surface area contributed by atoms with Crippen molar-refractivity contribution in [1.82, 2.24) is 0 Å². The van der Waals surface area contributed by atoms with Crippen LogP contribution in [0.15, 0.2) is 42.5 Å². The van der Waals surface area contributed by atoms with Gasteiger partial charge in [-0.2, -0.15) is 0 Å². The Hall–Kier alpha value is -2.33. The van der Waals surface area contributed by atoms with Crippen LogP contribution in [-0.2, 0) is 6.42 Å². The van der Waals surface area contributed by atoms with Gasteiger partial charge in [0.05, 0.1) is 7.11 Å². The summed E-state index contributed by atoms with van der Waals surface area (Å²) in [6, 6.07) is 12.9. The number of benzene rings is 2. The third-order valence-corrected chi connectivity index (χ3v) is 3.17. The summed E-state index contributed by atoms with van der Waals surface area (Å²) in [4.78, 5) is 11.0. The maximum Gasteiger partial charge on any atom is 0.248 e. The minimum absolute atomic E-state index is 0.0863. The van der Waals surface area contributed by atoms with Crippen molar-refractivity contribution in [2.45, 2.75) is 6.42 Å². The van der Waals surface area contributed by atoms with Gasteiger partial charge in [0.2, 0.25) is 5.91 Å². The average Bonchev–Trinajstić information content (AvgIpc) is 2.48. The fourth-order valence-electron chi connectivity index (χ4n) is 2.08. The van der Waals surface area contributed by atoms with E-state index in [1.165, 1.54) is 0 Å². The topological polar surface area (TPSA) is 72.5 Å². The molecule has 0 radical (unpaired) electrons. The minimum atomic E-state index is -0.438. The van der Waals surface area contributed by atoms with Gasteiger partial charge in [-0.15, -0.1) is 0 Å². The molecule has 0 heterocycles. The lowest BCUT2D eigenvalue weighted by Gasteiger charge is -2.10. The highest BCUT2D eigenvalue weighted by molar-refractivity contribution is 5.93. The van der Waals surface area contributed by atoms with E-state index in [2.05, 4.69) is 0 Å². The third kappa shape index (κ3) is 2.97. The van der Waals surface area contributed by atoms with Crippen LogP contribution in [0.5, 0.6) is 5.75 Å². The third-order valence-electron chi connectivity index (χ3n) is 3.17. The van der Waals surface area contributed by atoms with E-state index < -0.39 is 5.91 Å². The first kappa shape index (κ1) is 14.1. The van der Waals surface area contributed by atoms with Crippen LogP contribution in [0.2, 0.25) is 0 Å². The zero-order valence-electron chi connectivity index (χ0n) is 11.3. The molecule has 0 aliphatic heterocycles. The summed E-state index contributed by atoms with van der Waals surface area (Å²) in [5.41, 5.74) is 8.63. The van der Waals surface area contributed by atoms with E-state index in [-0.39, 0.29) is 6.61 Å². The van der Waals surface area contributed by atoms with Gasteiger partial charge in [0.1, 0.15) is 5.75 Å². The van der Waals surface area contributed by atoms with Gasteiger partial charge in [0, 0.05) is 12.2 Å². The van der Waals surface area contributed by atoms with E-state index in [1.807, 2.05) is 30.3 Å². The molecule has 0 aliphatic carbocycles. The smallest absolute Gasteiger partial charge is 0.248 e. The fourth-order valence-corrected chi connectivity index (χ4v) is 2.08. The van der Waals surface area contributed by atoms with E-state index in [4.69, 9.17) is 15.6 Å². The van der Waals surface area contributed by atoms with Gasteiger partial charge in [-0.05, 0) is 41.3 Å². The molecule has 0 unspecified atom stereocenters. The van der Waals surface area contributed by atoms with Crippen molar-refractivity contribution in [3.05, 3.63) is 53.6 Å². The number of ether oxygens (including phenoxy) is 1. The summed E-state index contributed by atoms with van der Waals surface area (Å²) >= 11 is 0. The Bertz CT molecular complexity index is 606. The number of nitrogens with two attached hydrogens (primary N) is 1. The number of hydrogen-bond acceptors (Lipinski definition) is 3. The predicted octanol–water partition coefficient (Wildman–Crippen LogP) is 2.00. The van der Waals surface area contributed by atoms with Gasteiger partial charge < -0.3 is 15.6 Å². The molecule has 2 aromatic rings. The molecule has 0 fully saturated rings. The van der Waals surface area contributed by atoms with E-state index in [1.54, 1.807) is 19.2 Å². The summed E-state index contributed by atoms with van der Waals surface area (Å²) < 4.78 is 5.34. The summed E-state index contributed by atoms with van der Waals surface area (Å²) in [5.74, 6) is 0.308. The Labute approximate surface area is 117 Å². The molecule has 0 bridgehead atoms. The zero-order chi connectivity index (χ0) is 14.5. The molecule has 3 N–H and O–H groups in total. The Morgan fingerprint density at radius 1 is 1.15 bits per heavy atom. The summed E-state index contributed by atoms with van der Waals surface area (Å²) in [6.45, 7) is 0.0863. The number of aliphatic hydroxyl groups is 1. The molecule has 0 spiro atoms. The summed E-state index contributed by atoms with van der Waals surface area (Å²) in [6.07, 6.45) is 0.560. The van der Waals surface area contributed by atoms with Gasteiger partial charge in [0.15, 0.2) is 0 Å². The number of rotatable bonds is 5. The van der Waals surface area contributed by atoms with Crippen LogP contribution in [0.1, 0.15) is 15.9 Å². The van der Waals surface area contributed by atoms with E-state index in [0.717, 1.165) is 22.4 Å². The van der Waals surface area contributed by atoms with Crippen molar-refractivity contribution in [3.63, 3.8) is 0 Å². The molecule has 4 nitrogen and oxygen atoms in total. The quantitative estimate of drug-likeness (QED) is 0.873. The van der Waals surface area contributed by atoms with Gasteiger partial charge in [-0.25, -0.2) is 0 Å². The second kappa shape index (κ2) is 6.21. The zero-order valence-corrected chi connectivity index (χ0v) is 11.3. The van der Waals surface area contributed by atoms with Crippen LogP contribution in [0.4, 0.5) is 0 Å². The molecule has 0 aromatic heterocycles. The van der Waals surface area contributed by atoms with Gasteiger partial charge in [-0.1, -0.05) is 24.3 Å². The van der Waals surface area contributed by atoms with Crippen LogP contribution >= 0.6 is 0 Å². The molecular weight excluding hydrogens is 254 g/mol. The molecule has 0 saturated carbocycles. The molecule has 0 saturated heterocycles. The minimum Gasteiger partial charge on any atom is -0.496 e. The SMILES string of the molecule is COc1cc(-c2ccc(C(N)=O)cc2)ccc1CCO. The van der Waals surface area contributed by atoms with Crippen molar-refractivity contribution in [3.8, 4) is 16.9 Å². The number of aliphatic hydroxyl groups excluding tert-OH is 1. The van der Waals surface area contributed by atoms with Crippen LogP contribution < -0.4 is 10.5 Å². The number of primary amides is 1. The fraction of sp³-hybridized carbons (Fsp3) is 0.188. The molecule has 1 amide bonds. The number of methoxy groups -OCH3 is 1. The lowest BCUT2D eigenvalue weighted by molar-refractivity contribution is 0.100. The highest BCUT2D eigenvalue weighted by atomic mass is 16.5. The monoisotopic (exact) mass is 271 g/mol. The molecule has 104 valence electrons. The molecule has 0 aliphatic rings. The molecular formula is C16H17NO3. The molecule has 0 atom stereocenters. The van der Waals surface area contributed by atoms with Crippen molar-refractivity contribution in [1.29, 1.82) is 0 Å². The van der Waals surface area contributed by atoms with Crippen molar-refractivity contribution in [2.24, 2.45) is 5.73 Å². The molecule has 20 heavy (non-hydrogen) atoms. The number of hydrogen-bond donors (Lipinski definition) is 2. The van der Waals surface area contributed by atoms with Crippen LogP contribution in [0.25, 0.3) is 11.1 Å². The molecule has 2 aromatic carbocycles. The predicted molar refractivity (Wildman–Crippen MR) is 77.7 cm³/mol. The highest BCUT2D eigenvalue weighted by Crippen LogP contribution is 2.27. The maximum atomic E-state index is 11.0. The van der Waals surface area contributed by atoms with E-state index >= 15 is 0 Å². The van der Waals surface area contributed by atoms with Crippen LogP contribution in [0.3, 0.4) is 0 Å². The van der Waals surface area contributed by atoms with Gasteiger partial charge >= 0.3 is 0 Å². The van der Waals surface area contributed by atoms with Crippen molar-refractivity contribution >= 4 is 5.91 Å².